The van der Waals surface area contributed by atoms with Gasteiger partial charge in [0.1, 0.15) is 5.60 Å². The first-order valence-electron chi connectivity index (χ1n) is 12.6. The fourth-order valence-corrected chi connectivity index (χ4v) is 8.65. The van der Waals surface area contributed by atoms with Crippen LogP contribution in [0.3, 0.4) is 0 Å². The van der Waals surface area contributed by atoms with Gasteiger partial charge < -0.3 is 25.1 Å². The van der Waals surface area contributed by atoms with Crippen molar-refractivity contribution in [3.8, 4) is 0 Å². The molecule has 0 radical (unpaired) electrons. The highest BCUT2D eigenvalue weighted by Gasteiger charge is 2.72. The Kier molecular flexibility index (Phi) is 5.31. The first-order chi connectivity index (χ1) is 15.1. The van der Waals surface area contributed by atoms with E-state index in [1.807, 2.05) is 6.07 Å². The Morgan fingerprint density at radius 2 is 1.94 bits per heavy atom. The summed E-state index contributed by atoms with van der Waals surface area (Å²) in [6.07, 6.45) is 12.6. The number of ether oxygens (including phenoxy) is 1. The molecule has 5 N–H and O–H groups in total. The molecule has 32 heavy (non-hydrogen) atoms. The highest BCUT2D eigenvalue weighted by molar-refractivity contribution is 5.76. The summed E-state index contributed by atoms with van der Waals surface area (Å²) in [5, 5.41) is 31.5. The maximum atomic E-state index is 12.3. The second-order valence-corrected chi connectivity index (χ2v) is 11.7. The topological polar surface area (TPSA) is 113 Å². The van der Waals surface area contributed by atoms with Crippen LogP contribution in [0.25, 0.3) is 0 Å². The van der Waals surface area contributed by atoms with E-state index in [4.69, 9.17) is 20.3 Å². The van der Waals surface area contributed by atoms with Crippen molar-refractivity contribution in [3.05, 3.63) is 24.2 Å². The molecule has 1 aromatic heterocycles. The maximum Gasteiger partial charge on any atom is 0.101 e. The van der Waals surface area contributed by atoms with E-state index in [-0.39, 0.29) is 23.3 Å². The van der Waals surface area contributed by atoms with Crippen molar-refractivity contribution < 1.29 is 19.4 Å². The molecule has 8 atom stereocenters. The third-order valence-corrected chi connectivity index (χ3v) is 10.7. The highest BCUT2D eigenvalue weighted by Crippen LogP contribution is 2.71. The van der Waals surface area contributed by atoms with E-state index in [0.717, 1.165) is 50.5 Å². The smallest absolute Gasteiger partial charge is 0.101 e. The van der Waals surface area contributed by atoms with Gasteiger partial charge in [-0.05, 0) is 87.0 Å². The molecule has 1 aromatic rings. The Morgan fingerprint density at radius 1 is 1.12 bits per heavy atom. The fraction of sp³-hybridized carbons (Fsp3) is 0.808. The summed E-state index contributed by atoms with van der Waals surface area (Å²) in [7, 11) is 0. The van der Waals surface area contributed by atoms with Gasteiger partial charge in [-0.15, -0.1) is 0 Å². The predicted octanol–water partition coefficient (Wildman–Crippen LogP) is 4.34. The molecule has 178 valence electrons. The van der Waals surface area contributed by atoms with E-state index >= 15 is 0 Å². The third-order valence-electron chi connectivity index (χ3n) is 10.7. The van der Waals surface area contributed by atoms with Gasteiger partial charge in [-0.25, -0.2) is 0 Å². The minimum absolute atomic E-state index is 0.191. The SMILES string of the molecule is C[C@]12CCC3C(CC[C@@H]4C[C@@H](OCCC(=N)N)CC[C@]34C)[C@@]1(O)CC[C@]2(O)c1ccoc1. The molecule has 4 fully saturated rings. The van der Waals surface area contributed by atoms with Gasteiger partial charge in [0, 0.05) is 17.4 Å². The van der Waals surface area contributed by atoms with E-state index in [1.54, 1.807) is 12.5 Å². The van der Waals surface area contributed by atoms with Crippen LogP contribution in [0.15, 0.2) is 23.0 Å². The quantitative estimate of drug-likeness (QED) is 0.399. The zero-order valence-corrected chi connectivity index (χ0v) is 19.6. The molecule has 0 bridgehead atoms. The number of rotatable bonds is 5. The van der Waals surface area contributed by atoms with Gasteiger partial charge in [0.15, 0.2) is 0 Å². The number of fused-ring (bicyclic) bond motifs is 5. The van der Waals surface area contributed by atoms with Crippen molar-refractivity contribution >= 4 is 5.84 Å². The maximum absolute atomic E-state index is 12.3. The molecule has 5 rings (SSSR count). The van der Waals surface area contributed by atoms with E-state index in [0.29, 0.717) is 37.7 Å². The van der Waals surface area contributed by atoms with Crippen LogP contribution in [-0.4, -0.2) is 34.4 Å². The molecule has 6 heteroatoms. The lowest BCUT2D eigenvalue weighted by atomic mass is 9.43. The Morgan fingerprint density at radius 3 is 2.66 bits per heavy atom. The molecule has 0 aromatic carbocycles. The molecule has 0 saturated heterocycles. The Hall–Kier alpha value is -1.37. The van der Waals surface area contributed by atoms with Crippen LogP contribution < -0.4 is 5.73 Å². The van der Waals surface area contributed by atoms with Gasteiger partial charge >= 0.3 is 0 Å². The lowest BCUT2D eigenvalue weighted by Gasteiger charge is -2.64. The molecule has 0 amide bonds. The normalized spacial score (nSPS) is 48.0. The Balaban J connectivity index is 1.36. The van der Waals surface area contributed by atoms with Crippen molar-refractivity contribution in [2.24, 2.45) is 34.3 Å². The zero-order valence-electron chi connectivity index (χ0n) is 19.6. The summed E-state index contributed by atoms with van der Waals surface area (Å²) in [5.74, 6) is 1.53. The number of nitrogens with one attached hydrogen (secondary N) is 1. The van der Waals surface area contributed by atoms with Gasteiger partial charge in [-0.1, -0.05) is 13.8 Å². The Bertz CT molecular complexity index is 858. The van der Waals surface area contributed by atoms with Gasteiger partial charge in [-0.2, -0.15) is 0 Å². The van der Waals surface area contributed by atoms with Gasteiger partial charge in [-0.3, -0.25) is 5.41 Å². The molecule has 1 heterocycles. The van der Waals surface area contributed by atoms with Crippen molar-refractivity contribution in [2.75, 3.05) is 6.61 Å². The van der Waals surface area contributed by atoms with Crippen molar-refractivity contribution in [1.29, 1.82) is 5.41 Å². The Labute approximate surface area is 191 Å². The molecule has 4 aliphatic rings. The van der Waals surface area contributed by atoms with E-state index < -0.39 is 16.6 Å². The van der Waals surface area contributed by atoms with Gasteiger partial charge in [0.05, 0.1) is 36.7 Å². The summed E-state index contributed by atoms with van der Waals surface area (Å²) in [5.41, 5.74) is 4.09. The van der Waals surface area contributed by atoms with Crippen LogP contribution in [-0.2, 0) is 10.3 Å². The first-order valence-corrected chi connectivity index (χ1v) is 12.6. The standard InChI is InChI=1S/C26H40N2O4/c1-23-9-5-19(32-14-8-22(27)28)15-17(23)3-4-21-20(23)6-10-24(2)25(29,11-12-26(21,24)30)18-7-13-31-16-18/h7,13,16-17,19-21,29-30H,3-6,8-12,14-15H2,1-2H3,(H3,27,28)/t17-,19+,20?,21?,23+,24-,25+,26+/m1/s1. The molecule has 0 spiro atoms. The number of hydrogen-bond donors (Lipinski definition) is 4. The minimum Gasteiger partial charge on any atom is -0.472 e. The van der Waals surface area contributed by atoms with E-state index in [9.17, 15) is 10.2 Å². The predicted molar refractivity (Wildman–Crippen MR) is 122 cm³/mol. The summed E-state index contributed by atoms with van der Waals surface area (Å²) >= 11 is 0. The lowest BCUT2D eigenvalue weighted by Crippen LogP contribution is -2.64. The highest BCUT2D eigenvalue weighted by atomic mass is 16.5. The molecular formula is C26H40N2O4. The summed E-state index contributed by atoms with van der Waals surface area (Å²) < 4.78 is 11.4. The average molecular weight is 445 g/mol. The van der Waals surface area contributed by atoms with Crippen LogP contribution >= 0.6 is 0 Å². The molecule has 4 aliphatic carbocycles. The average Bonchev–Trinajstić information content (AvgIpc) is 3.36. The van der Waals surface area contributed by atoms with Crippen molar-refractivity contribution in [2.45, 2.75) is 95.4 Å². The largest absolute Gasteiger partial charge is 0.472 e. The number of nitrogens with two attached hydrogens (primary N) is 1. The van der Waals surface area contributed by atoms with Gasteiger partial charge in [0.2, 0.25) is 0 Å². The summed E-state index contributed by atoms with van der Waals surface area (Å²) in [4.78, 5) is 0. The van der Waals surface area contributed by atoms with E-state index in [1.165, 1.54) is 0 Å². The van der Waals surface area contributed by atoms with Gasteiger partial charge in [0.25, 0.3) is 0 Å². The molecular weight excluding hydrogens is 404 g/mol. The minimum atomic E-state index is -1.03. The number of amidine groups is 1. The number of furan rings is 1. The van der Waals surface area contributed by atoms with E-state index in [2.05, 4.69) is 13.8 Å². The van der Waals surface area contributed by atoms with Crippen LogP contribution in [0, 0.1) is 34.0 Å². The van der Waals surface area contributed by atoms with Crippen LogP contribution in [0.2, 0.25) is 0 Å². The summed E-state index contributed by atoms with van der Waals surface area (Å²) in [6.45, 7) is 5.13. The van der Waals surface area contributed by atoms with Crippen molar-refractivity contribution in [1.82, 2.24) is 0 Å². The molecule has 4 saturated carbocycles. The zero-order chi connectivity index (χ0) is 22.8. The number of hydrogen-bond acceptors (Lipinski definition) is 5. The summed E-state index contributed by atoms with van der Waals surface area (Å²) in [6, 6.07) is 1.87. The van der Waals surface area contributed by atoms with Crippen molar-refractivity contribution in [3.63, 3.8) is 0 Å². The number of aliphatic hydroxyl groups is 2. The van der Waals surface area contributed by atoms with Crippen LogP contribution in [0.4, 0.5) is 0 Å². The monoisotopic (exact) mass is 444 g/mol. The molecule has 2 unspecified atom stereocenters. The molecule has 6 nitrogen and oxygen atoms in total. The first kappa shape index (κ1) is 22.4. The fourth-order valence-electron chi connectivity index (χ4n) is 8.65. The second kappa shape index (κ2) is 7.57. The third kappa shape index (κ3) is 2.98. The molecule has 0 aliphatic heterocycles. The van der Waals surface area contributed by atoms with Crippen LogP contribution in [0.1, 0.15) is 83.6 Å². The second-order valence-electron chi connectivity index (χ2n) is 11.7. The van der Waals surface area contributed by atoms with Crippen LogP contribution in [0.5, 0.6) is 0 Å². The lowest BCUT2D eigenvalue weighted by molar-refractivity contribution is -0.239.